The number of benzene rings is 4. The fraction of sp³-hybridized carbons (Fsp3) is 0.103. The van der Waals surface area contributed by atoms with Gasteiger partial charge in [0, 0.05) is 6.21 Å². The molecule has 1 atom stereocenters. The van der Waals surface area contributed by atoms with E-state index < -0.39 is 0 Å². The SMILES string of the molecule is C[C@@H](NC(=O)COc1ccc(C=Nc2ccc(Oc3ccccc3)cc2)cc1)c1ccccc1. The maximum Gasteiger partial charge on any atom is 0.258 e. The van der Waals surface area contributed by atoms with Gasteiger partial charge < -0.3 is 14.8 Å². The fourth-order valence-electron chi connectivity index (χ4n) is 3.28. The molecule has 0 aliphatic heterocycles. The molecule has 0 aliphatic rings. The summed E-state index contributed by atoms with van der Waals surface area (Å²) in [6, 6.07) is 34.4. The lowest BCUT2D eigenvalue weighted by molar-refractivity contribution is -0.123. The first kappa shape index (κ1) is 22.8. The second kappa shape index (κ2) is 11.5. The number of carbonyl (C=O) groups excluding carboxylic acids is 1. The molecule has 0 saturated carbocycles. The summed E-state index contributed by atoms with van der Waals surface area (Å²) in [4.78, 5) is 16.7. The summed E-state index contributed by atoms with van der Waals surface area (Å²) in [5.41, 5.74) is 2.81. The molecule has 0 saturated heterocycles. The van der Waals surface area contributed by atoms with Gasteiger partial charge in [0.15, 0.2) is 6.61 Å². The highest BCUT2D eigenvalue weighted by molar-refractivity contribution is 5.82. The number of carbonyl (C=O) groups is 1. The first-order valence-corrected chi connectivity index (χ1v) is 11.1. The first-order chi connectivity index (χ1) is 16.7. The van der Waals surface area contributed by atoms with Crippen molar-refractivity contribution in [3.8, 4) is 17.2 Å². The number of ether oxygens (including phenoxy) is 2. The van der Waals surface area contributed by atoms with E-state index in [1.54, 1.807) is 6.21 Å². The van der Waals surface area contributed by atoms with Crippen molar-refractivity contribution in [2.75, 3.05) is 6.61 Å². The summed E-state index contributed by atoms with van der Waals surface area (Å²) in [6.45, 7) is 1.91. The van der Waals surface area contributed by atoms with E-state index in [1.807, 2.05) is 116 Å². The fourth-order valence-corrected chi connectivity index (χ4v) is 3.28. The number of hydrogen-bond acceptors (Lipinski definition) is 4. The average molecular weight is 451 g/mol. The summed E-state index contributed by atoms with van der Waals surface area (Å²) < 4.78 is 11.4. The van der Waals surface area contributed by atoms with E-state index in [-0.39, 0.29) is 18.6 Å². The van der Waals surface area contributed by atoms with Gasteiger partial charge in [0.2, 0.25) is 0 Å². The third-order valence-electron chi connectivity index (χ3n) is 5.11. The average Bonchev–Trinajstić information content (AvgIpc) is 2.89. The third-order valence-corrected chi connectivity index (χ3v) is 5.11. The van der Waals surface area contributed by atoms with Crippen molar-refractivity contribution in [3.63, 3.8) is 0 Å². The molecule has 0 spiro atoms. The number of amides is 1. The monoisotopic (exact) mass is 450 g/mol. The van der Waals surface area contributed by atoms with E-state index in [4.69, 9.17) is 9.47 Å². The Balaban J connectivity index is 1.25. The number of aliphatic imine (C=N–C) groups is 1. The summed E-state index contributed by atoms with van der Waals surface area (Å²) >= 11 is 0. The zero-order valence-electron chi connectivity index (χ0n) is 18.9. The van der Waals surface area contributed by atoms with Gasteiger partial charge in [-0.15, -0.1) is 0 Å². The lowest BCUT2D eigenvalue weighted by Crippen LogP contribution is -2.31. The molecule has 0 aliphatic carbocycles. The summed E-state index contributed by atoms with van der Waals surface area (Å²) in [6.07, 6.45) is 1.78. The molecule has 0 bridgehead atoms. The van der Waals surface area contributed by atoms with Crippen LogP contribution in [0, 0.1) is 0 Å². The summed E-state index contributed by atoms with van der Waals surface area (Å²) in [5, 5.41) is 2.94. The van der Waals surface area contributed by atoms with Crippen LogP contribution in [0.4, 0.5) is 5.69 Å². The van der Waals surface area contributed by atoms with Crippen molar-refractivity contribution in [2.24, 2.45) is 4.99 Å². The van der Waals surface area contributed by atoms with Crippen LogP contribution in [-0.4, -0.2) is 18.7 Å². The molecular formula is C29H26N2O3. The van der Waals surface area contributed by atoms with E-state index in [0.717, 1.165) is 28.3 Å². The highest BCUT2D eigenvalue weighted by atomic mass is 16.5. The minimum atomic E-state index is -0.165. The lowest BCUT2D eigenvalue weighted by Gasteiger charge is -2.14. The van der Waals surface area contributed by atoms with Crippen molar-refractivity contribution >= 4 is 17.8 Å². The van der Waals surface area contributed by atoms with Gasteiger partial charge in [0.25, 0.3) is 5.91 Å². The molecule has 0 aromatic heterocycles. The molecule has 170 valence electrons. The molecule has 0 radical (unpaired) electrons. The zero-order valence-corrected chi connectivity index (χ0v) is 18.9. The largest absolute Gasteiger partial charge is 0.484 e. The van der Waals surface area contributed by atoms with Crippen molar-refractivity contribution in [2.45, 2.75) is 13.0 Å². The number of nitrogens with zero attached hydrogens (tertiary/aromatic N) is 1. The smallest absolute Gasteiger partial charge is 0.258 e. The van der Waals surface area contributed by atoms with Gasteiger partial charge in [-0.1, -0.05) is 48.5 Å². The van der Waals surface area contributed by atoms with Crippen LogP contribution >= 0.6 is 0 Å². The van der Waals surface area contributed by atoms with Crippen LogP contribution in [0.1, 0.15) is 24.1 Å². The minimum absolute atomic E-state index is 0.0397. The van der Waals surface area contributed by atoms with Crippen molar-refractivity contribution < 1.29 is 14.3 Å². The molecule has 34 heavy (non-hydrogen) atoms. The second-order valence-electron chi connectivity index (χ2n) is 7.72. The van der Waals surface area contributed by atoms with Crippen molar-refractivity contribution in [3.05, 3.63) is 120 Å². The van der Waals surface area contributed by atoms with Gasteiger partial charge >= 0.3 is 0 Å². The van der Waals surface area contributed by atoms with Crippen LogP contribution in [0.25, 0.3) is 0 Å². The van der Waals surface area contributed by atoms with E-state index >= 15 is 0 Å². The Morgan fingerprint density at radius 2 is 1.38 bits per heavy atom. The third kappa shape index (κ3) is 6.81. The Kier molecular flexibility index (Phi) is 7.70. The molecule has 1 N–H and O–H groups in total. The predicted molar refractivity (Wildman–Crippen MR) is 135 cm³/mol. The summed E-state index contributed by atoms with van der Waals surface area (Å²) in [5.74, 6) is 2.02. The van der Waals surface area contributed by atoms with Crippen LogP contribution in [0.3, 0.4) is 0 Å². The number of hydrogen-bond donors (Lipinski definition) is 1. The molecule has 0 fully saturated rings. The number of para-hydroxylation sites is 1. The van der Waals surface area contributed by atoms with Gasteiger partial charge in [-0.2, -0.15) is 0 Å². The normalized spacial score (nSPS) is 11.7. The standard InChI is InChI=1S/C29H26N2O3/c1-22(24-8-4-2-5-9-24)31-29(32)21-33-26-16-12-23(13-17-26)20-30-25-14-18-28(19-15-25)34-27-10-6-3-7-11-27/h2-20,22H,21H2,1H3,(H,31,32)/t22-/m1/s1. The Morgan fingerprint density at radius 1 is 0.794 bits per heavy atom. The molecule has 5 nitrogen and oxygen atoms in total. The Morgan fingerprint density at radius 3 is 2.06 bits per heavy atom. The van der Waals surface area contributed by atoms with Crippen LogP contribution in [0.15, 0.2) is 114 Å². The topological polar surface area (TPSA) is 59.9 Å². The maximum atomic E-state index is 12.2. The van der Waals surface area contributed by atoms with Gasteiger partial charge in [0.1, 0.15) is 17.2 Å². The molecule has 4 aromatic carbocycles. The Bertz CT molecular complexity index is 1210. The van der Waals surface area contributed by atoms with Crippen LogP contribution < -0.4 is 14.8 Å². The van der Waals surface area contributed by atoms with Gasteiger partial charge in [-0.05, 0) is 78.7 Å². The highest BCUT2D eigenvalue weighted by Crippen LogP contribution is 2.24. The van der Waals surface area contributed by atoms with Crippen LogP contribution in [0.2, 0.25) is 0 Å². The van der Waals surface area contributed by atoms with E-state index in [2.05, 4.69) is 10.3 Å². The minimum Gasteiger partial charge on any atom is -0.484 e. The molecule has 0 unspecified atom stereocenters. The van der Waals surface area contributed by atoms with Crippen molar-refractivity contribution in [1.82, 2.24) is 5.32 Å². The first-order valence-electron chi connectivity index (χ1n) is 11.1. The number of rotatable bonds is 9. The zero-order chi connectivity index (χ0) is 23.6. The van der Waals surface area contributed by atoms with Crippen LogP contribution in [-0.2, 0) is 4.79 Å². The van der Waals surface area contributed by atoms with Crippen LogP contribution in [0.5, 0.6) is 17.2 Å². The van der Waals surface area contributed by atoms with Crippen molar-refractivity contribution in [1.29, 1.82) is 0 Å². The maximum absolute atomic E-state index is 12.2. The second-order valence-corrected chi connectivity index (χ2v) is 7.72. The molecule has 0 heterocycles. The predicted octanol–water partition coefficient (Wildman–Crippen LogP) is 6.49. The lowest BCUT2D eigenvalue weighted by atomic mass is 10.1. The molecule has 1 amide bonds. The van der Waals surface area contributed by atoms with Gasteiger partial charge in [0.05, 0.1) is 11.7 Å². The number of nitrogens with one attached hydrogen (secondary N) is 1. The molecule has 5 heteroatoms. The molecular weight excluding hydrogens is 424 g/mol. The quantitative estimate of drug-likeness (QED) is 0.297. The Labute approximate surface area is 199 Å². The van der Waals surface area contributed by atoms with Gasteiger partial charge in [-0.3, -0.25) is 9.79 Å². The molecule has 4 rings (SSSR count). The highest BCUT2D eigenvalue weighted by Gasteiger charge is 2.09. The van der Waals surface area contributed by atoms with E-state index in [9.17, 15) is 4.79 Å². The molecule has 4 aromatic rings. The Hall–Kier alpha value is -4.38. The van der Waals surface area contributed by atoms with E-state index in [0.29, 0.717) is 5.75 Å². The van der Waals surface area contributed by atoms with E-state index in [1.165, 1.54) is 0 Å². The summed E-state index contributed by atoms with van der Waals surface area (Å²) in [7, 11) is 0. The van der Waals surface area contributed by atoms with Gasteiger partial charge in [-0.25, -0.2) is 0 Å².